The van der Waals surface area contributed by atoms with Gasteiger partial charge < -0.3 is 10.1 Å². The molecule has 4 unspecified atom stereocenters. The van der Waals surface area contributed by atoms with Crippen molar-refractivity contribution >= 4 is 17.5 Å². The molecule has 0 radical (unpaired) electrons. The Morgan fingerprint density at radius 3 is 2.75 bits per heavy atom. The summed E-state index contributed by atoms with van der Waals surface area (Å²) in [7, 11) is 0. The molecule has 2 fully saturated rings. The lowest BCUT2D eigenvalue weighted by molar-refractivity contribution is -0.131. The molecule has 1 N–H and O–H groups in total. The van der Waals surface area contributed by atoms with Gasteiger partial charge >= 0.3 is 0 Å². The molecule has 0 spiro atoms. The zero-order chi connectivity index (χ0) is 11.5. The normalized spacial score (nSPS) is 38.9. The van der Waals surface area contributed by atoms with E-state index >= 15 is 0 Å². The smallest absolute Gasteiger partial charge is 0.249 e. The molecular formula is C12H20ClNO2. The topological polar surface area (TPSA) is 38.3 Å². The van der Waals surface area contributed by atoms with Gasteiger partial charge in [0.05, 0.1) is 6.10 Å². The van der Waals surface area contributed by atoms with Crippen molar-refractivity contribution in [2.24, 2.45) is 5.92 Å². The number of hydrogen-bond donors (Lipinski definition) is 1. The largest absolute Gasteiger partial charge is 0.365 e. The third-order valence-electron chi connectivity index (χ3n) is 3.63. The first-order valence-electron chi connectivity index (χ1n) is 6.24. The Labute approximate surface area is 102 Å². The SMILES string of the molecule is CC1CCC(C(=O)NCC2CCCC2Cl)O1. The van der Waals surface area contributed by atoms with Gasteiger partial charge in [0.2, 0.25) is 5.91 Å². The minimum Gasteiger partial charge on any atom is -0.365 e. The standard InChI is InChI=1S/C12H20ClNO2/c1-8-5-6-11(16-8)12(15)14-7-9-3-2-4-10(9)13/h8-11H,2-7H2,1H3,(H,14,15). The van der Waals surface area contributed by atoms with Crippen molar-refractivity contribution in [1.29, 1.82) is 0 Å². The van der Waals surface area contributed by atoms with Crippen LogP contribution in [0, 0.1) is 5.92 Å². The molecule has 4 atom stereocenters. The molecular weight excluding hydrogens is 226 g/mol. The minimum absolute atomic E-state index is 0.0418. The van der Waals surface area contributed by atoms with Gasteiger partial charge in [-0.1, -0.05) is 6.42 Å². The van der Waals surface area contributed by atoms with E-state index in [1.165, 1.54) is 6.42 Å². The predicted octanol–water partition coefficient (Wildman–Crippen LogP) is 2.08. The molecule has 92 valence electrons. The molecule has 0 aromatic rings. The second kappa shape index (κ2) is 5.37. The summed E-state index contributed by atoms with van der Waals surface area (Å²) in [6, 6.07) is 0. The summed E-state index contributed by atoms with van der Waals surface area (Å²) in [5, 5.41) is 3.21. The number of hydrogen-bond acceptors (Lipinski definition) is 2. The van der Waals surface area contributed by atoms with E-state index in [2.05, 4.69) is 5.32 Å². The lowest BCUT2D eigenvalue weighted by Gasteiger charge is -2.16. The summed E-state index contributed by atoms with van der Waals surface area (Å²) in [4.78, 5) is 11.8. The monoisotopic (exact) mass is 245 g/mol. The van der Waals surface area contributed by atoms with Gasteiger partial charge in [-0.2, -0.15) is 0 Å². The van der Waals surface area contributed by atoms with Gasteiger partial charge in [-0.15, -0.1) is 11.6 Å². The van der Waals surface area contributed by atoms with Crippen LogP contribution in [0.1, 0.15) is 39.0 Å². The highest BCUT2D eigenvalue weighted by atomic mass is 35.5. The van der Waals surface area contributed by atoms with Crippen LogP contribution in [0.2, 0.25) is 0 Å². The maximum absolute atomic E-state index is 11.8. The molecule has 1 heterocycles. The number of rotatable bonds is 3. The first-order chi connectivity index (χ1) is 7.66. The van der Waals surface area contributed by atoms with Crippen LogP contribution in [0.4, 0.5) is 0 Å². The Morgan fingerprint density at radius 1 is 1.38 bits per heavy atom. The highest BCUT2D eigenvalue weighted by Gasteiger charge is 2.30. The molecule has 2 rings (SSSR count). The van der Waals surface area contributed by atoms with Crippen molar-refractivity contribution < 1.29 is 9.53 Å². The van der Waals surface area contributed by atoms with Crippen molar-refractivity contribution in [3.63, 3.8) is 0 Å². The fourth-order valence-corrected chi connectivity index (χ4v) is 2.93. The second-order valence-electron chi connectivity index (χ2n) is 4.96. The fraction of sp³-hybridized carbons (Fsp3) is 0.917. The number of nitrogens with one attached hydrogen (secondary N) is 1. The first kappa shape index (κ1) is 12.2. The molecule has 3 nitrogen and oxygen atoms in total. The Hall–Kier alpha value is -0.280. The molecule has 0 aromatic heterocycles. The lowest BCUT2D eigenvalue weighted by Crippen LogP contribution is -2.38. The maximum Gasteiger partial charge on any atom is 0.249 e. The molecule has 1 aliphatic heterocycles. The molecule has 0 aromatic carbocycles. The highest BCUT2D eigenvalue weighted by molar-refractivity contribution is 6.20. The summed E-state index contributed by atoms with van der Waals surface area (Å²) in [5.74, 6) is 0.490. The van der Waals surface area contributed by atoms with Gasteiger partial charge in [0.1, 0.15) is 6.10 Å². The average Bonchev–Trinajstić information content (AvgIpc) is 2.84. The molecule has 1 aliphatic carbocycles. The van der Waals surface area contributed by atoms with Crippen molar-refractivity contribution in [2.75, 3.05) is 6.54 Å². The van der Waals surface area contributed by atoms with Crippen LogP contribution in [0.25, 0.3) is 0 Å². The van der Waals surface area contributed by atoms with Crippen LogP contribution in [-0.4, -0.2) is 30.0 Å². The van der Waals surface area contributed by atoms with E-state index in [9.17, 15) is 4.79 Å². The summed E-state index contributed by atoms with van der Waals surface area (Å²) >= 11 is 6.16. The molecule has 1 amide bonds. The number of amides is 1. The summed E-state index contributed by atoms with van der Waals surface area (Å²) < 4.78 is 5.52. The zero-order valence-corrected chi connectivity index (χ0v) is 10.5. The average molecular weight is 246 g/mol. The van der Waals surface area contributed by atoms with Crippen LogP contribution >= 0.6 is 11.6 Å². The number of carbonyl (C=O) groups excluding carboxylic acids is 1. The van der Waals surface area contributed by atoms with E-state index in [-0.39, 0.29) is 23.5 Å². The first-order valence-corrected chi connectivity index (χ1v) is 6.67. The molecule has 1 saturated heterocycles. The van der Waals surface area contributed by atoms with Gasteiger partial charge in [-0.25, -0.2) is 0 Å². The number of halogens is 1. The van der Waals surface area contributed by atoms with E-state index in [1.54, 1.807) is 0 Å². The lowest BCUT2D eigenvalue weighted by atomic mass is 10.1. The highest BCUT2D eigenvalue weighted by Crippen LogP contribution is 2.29. The Kier molecular flexibility index (Phi) is 4.09. The Morgan fingerprint density at radius 2 is 2.19 bits per heavy atom. The third-order valence-corrected chi connectivity index (χ3v) is 4.20. The van der Waals surface area contributed by atoms with E-state index in [1.807, 2.05) is 6.92 Å². The van der Waals surface area contributed by atoms with Gasteiger partial charge in [0.15, 0.2) is 0 Å². The number of ether oxygens (including phenoxy) is 1. The molecule has 4 heteroatoms. The van der Waals surface area contributed by atoms with Crippen molar-refractivity contribution in [2.45, 2.75) is 56.6 Å². The van der Waals surface area contributed by atoms with Gasteiger partial charge in [0, 0.05) is 11.9 Å². The van der Waals surface area contributed by atoms with Crippen molar-refractivity contribution in [3.05, 3.63) is 0 Å². The predicted molar refractivity (Wildman–Crippen MR) is 63.6 cm³/mol. The van der Waals surface area contributed by atoms with Crippen molar-refractivity contribution in [1.82, 2.24) is 5.32 Å². The quantitative estimate of drug-likeness (QED) is 0.774. The van der Waals surface area contributed by atoms with E-state index in [0.29, 0.717) is 12.5 Å². The fourth-order valence-electron chi connectivity index (χ4n) is 2.56. The summed E-state index contributed by atoms with van der Waals surface area (Å²) in [6.07, 6.45) is 5.23. The van der Waals surface area contributed by atoms with Crippen LogP contribution in [0.5, 0.6) is 0 Å². The van der Waals surface area contributed by atoms with Crippen LogP contribution in [0.3, 0.4) is 0 Å². The zero-order valence-electron chi connectivity index (χ0n) is 9.75. The van der Waals surface area contributed by atoms with Crippen LogP contribution in [-0.2, 0) is 9.53 Å². The van der Waals surface area contributed by atoms with Gasteiger partial charge in [0.25, 0.3) is 0 Å². The number of carbonyl (C=O) groups is 1. The maximum atomic E-state index is 11.8. The second-order valence-corrected chi connectivity index (χ2v) is 5.53. The van der Waals surface area contributed by atoms with E-state index < -0.39 is 0 Å². The van der Waals surface area contributed by atoms with Gasteiger partial charge in [-0.05, 0) is 38.5 Å². The molecule has 2 aliphatic rings. The van der Waals surface area contributed by atoms with E-state index in [4.69, 9.17) is 16.3 Å². The van der Waals surface area contributed by atoms with Crippen molar-refractivity contribution in [3.8, 4) is 0 Å². The Bertz CT molecular complexity index is 259. The van der Waals surface area contributed by atoms with Gasteiger partial charge in [-0.3, -0.25) is 4.79 Å². The molecule has 16 heavy (non-hydrogen) atoms. The summed E-state index contributed by atoms with van der Waals surface area (Å²) in [5.41, 5.74) is 0. The minimum atomic E-state index is -0.231. The molecule has 0 bridgehead atoms. The molecule has 1 saturated carbocycles. The Balaban J connectivity index is 1.71. The van der Waals surface area contributed by atoms with Crippen LogP contribution in [0.15, 0.2) is 0 Å². The number of alkyl halides is 1. The van der Waals surface area contributed by atoms with E-state index in [0.717, 1.165) is 25.7 Å². The summed E-state index contributed by atoms with van der Waals surface area (Å²) in [6.45, 7) is 2.72. The van der Waals surface area contributed by atoms with Crippen LogP contribution < -0.4 is 5.32 Å². The third kappa shape index (κ3) is 2.89.